The molecule has 0 bridgehead atoms. The minimum Gasteiger partial charge on any atom is -0.385 e. The Morgan fingerprint density at radius 1 is 1.57 bits per heavy atom. The summed E-state index contributed by atoms with van der Waals surface area (Å²) in [5.74, 6) is 2.75. The zero-order valence-corrected chi connectivity index (χ0v) is 9.87. The average molecular weight is 210 g/mol. The minimum atomic E-state index is -0.861. The van der Waals surface area contributed by atoms with Gasteiger partial charge in [-0.3, -0.25) is 4.79 Å². The lowest BCUT2D eigenvalue weighted by atomic mass is 9.71. The second-order valence-corrected chi connectivity index (χ2v) is 4.53. The Morgan fingerprint density at radius 2 is 2.14 bits per heavy atom. The van der Waals surface area contributed by atoms with Gasteiger partial charge in [-0.1, -0.05) is 34.7 Å². The molecular formula is C11H15O2P. The maximum Gasteiger partial charge on any atom is 0.187 e. The van der Waals surface area contributed by atoms with E-state index in [9.17, 15) is 9.90 Å². The van der Waals surface area contributed by atoms with Gasteiger partial charge >= 0.3 is 0 Å². The van der Waals surface area contributed by atoms with E-state index in [0.717, 1.165) is 5.57 Å². The summed E-state index contributed by atoms with van der Waals surface area (Å²) in [4.78, 5) is 11.5. The number of rotatable bonds is 0. The minimum absolute atomic E-state index is 0.188. The third kappa shape index (κ3) is 1.90. The van der Waals surface area contributed by atoms with Gasteiger partial charge < -0.3 is 5.11 Å². The molecule has 0 saturated heterocycles. The lowest BCUT2D eigenvalue weighted by molar-refractivity contribution is -0.125. The van der Waals surface area contributed by atoms with Crippen LogP contribution >= 0.6 is 9.24 Å². The molecule has 0 amide bonds. The molecule has 76 valence electrons. The summed E-state index contributed by atoms with van der Waals surface area (Å²) in [5.41, 5.74) is 3.98. The van der Waals surface area contributed by atoms with Crippen LogP contribution in [-0.4, -0.2) is 17.0 Å². The van der Waals surface area contributed by atoms with E-state index in [2.05, 4.69) is 20.8 Å². The monoisotopic (exact) mass is 210 g/mol. The number of aliphatic hydroxyl groups excluding tert-OH is 1. The van der Waals surface area contributed by atoms with Crippen molar-refractivity contribution in [3.63, 3.8) is 0 Å². The van der Waals surface area contributed by atoms with Crippen molar-refractivity contribution in [2.75, 3.05) is 0 Å². The largest absolute Gasteiger partial charge is 0.385 e. The van der Waals surface area contributed by atoms with Gasteiger partial charge in [-0.25, -0.2) is 0 Å². The van der Waals surface area contributed by atoms with Crippen molar-refractivity contribution >= 4 is 15.0 Å². The van der Waals surface area contributed by atoms with Gasteiger partial charge in [0, 0.05) is 16.6 Å². The Balaban J connectivity index is 3.28. The normalized spacial score (nSPS) is 25.8. The second kappa shape index (κ2) is 3.85. The maximum atomic E-state index is 11.5. The molecule has 0 heterocycles. The highest BCUT2D eigenvalue weighted by molar-refractivity contribution is 7.23. The number of aliphatic hydroxyl groups is 1. The van der Waals surface area contributed by atoms with Crippen LogP contribution < -0.4 is 0 Å². The van der Waals surface area contributed by atoms with Gasteiger partial charge in [0.05, 0.1) is 0 Å². The Morgan fingerprint density at radius 3 is 2.64 bits per heavy atom. The van der Waals surface area contributed by atoms with Gasteiger partial charge in [0.2, 0.25) is 0 Å². The van der Waals surface area contributed by atoms with Gasteiger partial charge in [-0.05, 0) is 13.3 Å². The molecule has 0 aromatic carbocycles. The highest BCUT2D eigenvalue weighted by atomic mass is 31.0. The van der Waals surface area contributed by atoms with Crippen LogP contribution in [0.15, 0.2) is 11.1 Å². The van der Waals surface area contributed by atoms with E-state index in [0.29, 0.717) is 12.0 Å². The first-order valence-corrected chi connectivity index (χ1v) is 5.13. The van der Waals surface area contributed by atoms with Crippen LogP contribution in [-0.2, 0) is 4.79 Å². The molecule has 3 heteroatoms. The van der Waals surface area contributed by atoms with Crippen molar-refractivity contribution < 1.29 is 9.90 Å². The summed E-state index contributed by atoms with van der Waals surface area (Å²) in [6.07, 6.45) is -0.405. The molecule has 0 fully saturated rings. The molecule has 2 unspecified atom stereocenters. The van der Waals surface area contributed by atoms with Crippen LogP contribution in [0.4, 0.5) is 0 Å². The Kier molecular flexibility index (Phi) is 3.14. The Hall–Kier alpha value is -0.640. The van der Waals surface area contributed by atoms with Crippen molar-refractivity contribution in [2.45, 2.75) is 33.3 Å². The molecule has 2 atom stereocenters. The number of hydrogen-bond donors (Lipinski definition) is 1. The van der Waals surface area contributed by atoms with Crippen molar-refractivity contribution in [3.05, 3.63) is 11.1 Å². The van der Waals surface area contributed by atoms with E-state index in [-0.39, 0.29) is 11.2 Å². The van der Waals surface area contributed by atoms with E-state index in [1.54, 1.807) is 6.92 Å². The smallest absolute Gasteiger partial charge is 0.187 e. The van der Waals surface area contributed by atoms with E-state index in [1.165, 1.54) is 0 Å². The zero-order valence-electron chi connectivity index (χ0n) is 8.72. The fourth-order valence-electron chi connectivity index (χ4n) is 1.89. The quantitative estimate of drug-likeness (QED) is 0.486. The highest BCUT2D eigenvalue weighted by Gasteiger charge is 2.37. The van der Waals surface area contributed by atoms with E-state index in [4.69, 9.17) is 0 Å². The molecule has 0 aromatic rings. The summed E-state index contributed by atoms with van der Waals surface area (Å²) in [7, 11) is 2.32. The van der Waals surface area contributed by atoms with E-state index in [1.807, 2.05) is 13.8 Å². The highest BCUT2D eigenvalue weighted by Crippen LogP contribution is 2.38. The predicted octanol–water partition coefficient (Wildman–Crippen LogP) is 1.50. The fraction of sp³-hybridized carbons (Fsp3) is 0.545. The first-order valence-electron chi connectivity index (χ1n) is 4.55. The molecule has 1 N–H and O–H groups in total. The average Bonchev–Trinajstić information content (AvgIpc) is 2.08. The van der Waals surface area contributed by atoms with Crippen LogP contribution in [0.25, 0.3) is 0 Å². The third-order valence-electron chi connectivity index (χ3n) is 2.62. The van der Waals surface area contributed by atoms with Crippen LogP contribution in [0, 0.1) is 17.0 Å². The molecule has 14 heavy (non-hydrogen) atoms. The van der Waals surface area contributed by atoms with Gasteiger partial charge in [0.25, 0.3) is 0 Å². The summed E-state index contributed by atoms with van der Waals surface area (Å²) < 4.78 is 0. The molecule has 0 aliphatic heterocycles. The molecule has 0 spiro atoms. The summed E-state index contributed by atoms with van der Waals surface area (Å²) in [6.45, 7) is 5.73. The van der Waals surface area contributed by atoms with Crippen molar-refractivity contribution in [3.8, 4) is 11.6 Å². The molecule has 2 nitrogen and oxygen atoms in total. The molecule has 1 aliphatic carbocycles. The van der Waals surface area contributed by atoms with E-state index >= 15 is 0 Å². The standard InChI is InChI=1S/C11H15O2P/c1-7-8(4-5-14)11(2,3)6-9(12)10(7)13/h9,12H,6,14H2,1-3H3. The third-order valence-corrected chi connectivity index (χ3v) is 2.77. The number of carbonyl (C=O) groups is 1. The van der Waals surface area contributed by atoms with Gasteiger partial charge in [-0.2, -0.15) is 0 Å². The van der Waals surface area contributed by atoms with Crippen LogP contribution in [0.2, 0.25) is 0 Å². The van der Waals surface area contributed by atoms with Gasteiger partial charge in [0.15, 0.2) is 5.78 Å². The summed E-state index contributed by atoms with van der Waals surface area (Å²) in [6, 6.07) is 0. The van der Waals surface area contributed by atoms with Gasteiger partial charge in [-0.15, -0.1) is 0 Å². The molecule has 0 radical (unpaired) electrons. The first-order chi connectivity index (χ1) is 6.40. The lowest BCUT2D eigenvalue weighted by Gasteiger charge is -2.33. The molecule has 1 rings (SSSR count). The molecular weight excluding hydrogens is 195 g/mol. The summed E-state index contributed by atoms with van der Waals surface area (Å²) in [5, 5.41) is 9.53. The number of hydrogen-bond acceptors (Lipinski definition) is 2. The predicted molar refractivity (Wildman–Crippen MR) is 59.6 cm³/mol. The SMILES string of the molecule is CC1=C(C#CP)C(C)(C)CC(O)C1=O. The van der Waals surface area contributed by atoms with Crippen LogP contribution in [0.3, 0.4) is 0 Å². The topological polar surface area (TPSA) is 37.3 Å². The fourth-order valence-corrected chi connectivity index (χ4v) is 2.04. The first kappa shape index (κ1) is 11.4. The van der Waals surface area contributed by atoms with E-state index < -0.39 is 6.10 Å². The molecule has 0 saturated carbocycles. The number of ketones is 1. The zero-order chi connectivity index (χ0) is 10.9. The number of carbonyl (C=O) groups excluding carboxylic acids is 1. The lowest BCUT2D eigenvalue weighted by Crippen LogP contribution is -2.35. The Bertz CT molecular complexity index is 355. The number of Topliss-reactive ketones (excluding diaryl/α,β-unsaturated/α-hetero) is 1. The summed E-state index contributed by atoms with van der Waals surface area (Å²) >= 11 is 0. The van der Waals surface area contributed by atoms with Crippen molar-refractivity contribution in [1.82, 2.24) is 0 Å². The van der Waals surface area contributed by atoms with Gasteiger partial charge in [0.1, 0.15) is 6.10 Å². The van der Waals surface area contributed by atoms with Crippen LogP contribution in [0.1, 0.15) is 27.2 Å². The van der Waals surface area contributed by atoms with Crippen molar-refractivity contribution in [1.29, 1.82) is 0 Å². The molecule has 1 aliphatic rings. The molecule has 0 aromatic heterocycles. The van der Waals surface area contributed by atoms with Crippen molar-refractivity contribution in [2.24, 2.45) is 5.41 Å². The second-order valence-electron chi connectivity index (χ2n) is 4.24. The number of allylic oxidation sites excluding steroid dienone is 1. The maximum absolute atomic E-state index is 11.5. The van der Waals surface area contributed by atoms with Crippen LogP contribution in [0.5, 0.6) is 0 Å². The Labute approximate surface area is 87.0 Å².